The minimum Gasteiger partial charge on any atom is -0.356 e. The van der Waals surface area contributed by atoms with Gasteiger partial charge < -0.3 is 10.6 Å². The summed E-state index contributed by atoms with van der Waals surface area (Å²) in [6.07, 6.45) is 13.5. The van der Waals surface area contributed by atoms with Gasteiger partial charge in [0, 0.05) is 19.0 Å². The van der Waals surface area contributed by atoms with Gasteiger partial charge in [-0.15, -0.1) is 0 Å². The molecule has 1 amide bonds. The van der Waals surface area contributed by atoms with Crippen molar-refractivity contribution in [3.05, 3.63) is 12.2 Å². The highest BCUT2D eigenvalue weighted by molar-refractivity contribution is 5.75. The fourth-order valence-electron chi connectivity index (χ4n) is 2.86. The minimum absolute atomic E-state index is 0.233. The number of rotatable bonds is 5. The molecule has 1 fully saturated rings. The molecule has 0 aromatic heterocycles. The fraction of sp³-hybridized carbons (Fsp3) is 0.800. The molecule has 2 N–H and O–H groups in total. The third kappa shape index (κ3) is 4.81. The maximum Gasteiger partial charge on any atom is 0.220 e. The van der Waals surface area contributed by atoms with Gasteiger partial charge in [-0.05, 0) is 51.0 Å². The Hall–Kier alpha value is -0.830. The maximum atomic E-state index is 11.8. The van der Waals surface area contributed by atoms with E-state index in [0.29, 0.717) is 18.4 Å². The van der Waals surface area contributed by atoms with Crippen LogP contribution in [-0.4, -0.2) is 25.0 Å². The zero-order chi connectivity index (χ0) is 12.6. The number of piperidine rings is 1. The summed E-state index contributed by atoms with van der Waals surface area (Å²) in [7, 11) is 0. The average Bonchev–Trinajstić information content (AvgIpc) is 2.45. The molecule has 3 nitrogen and oxygen atoms in total. The minimum atomic E-state index is 0.233. The van der Waals surface area contributed by atoms with Gasteiger partial charge in [-0.3, -0.25) is 4.79 Å². The SMILES string of the molecule is O=C(CCC1CCCCN1)NCC1CC=CCC1. The lowest BCUT2D eigenvalue weighted by Gasteiger charge is -2.23. The monoisotopic (exact) mass is 250 g/mol. The number of allylic oxidation sites excluding steroid dienone is 2. The summed E-state index contributed by atoms with van der Waals surface area (Å²) in [6, 6.07) is 0.571. The van der Waals surface area contributed by atoms with E-state index in [0.717, 1.165) is 25.9 Å². The van der Waals surface area contributed by atoms with E-state index in [1.807, 2.05) is 0 Å². The fourth-order valence-corrected chi connectivity index (χ4v) is 2.86. The normalized spacial score (nSPS) is 28.0. The number of carbonyl (C=O) groups is 1. The van der Waals surface area contributed by atoms with Gasteiger partial charge in [-0.2, -0.15) is 0 Å². The molecule has 0 spiro atoms. The van der Waals surface area contributed by atoms with Crippen LogP contribution in [0.1, 0.15) is 51.4 Å². The number of nitrogens with one attached hydrogen (secondary N) is 2. The van der Waals surface area contributed by atoms with Gasteiger partial charge in [0.05, 0.1) is 0 Å². The Kier molecular flexibility index (Phi) is 5.72. The summed E-state index contributed by atoms with van der Waals surface area (Å²) in [6.45, 7) is 1.99. The Labute approximate surface area is 110 Å². The first kappa shape index (κ1) is 13.6. The van der Waals surface area contributed by atoms with E-state index < -0.39 is 0 Å². The van der Waals surface area contributed by atoms with Crippen molar-refractivity contribution in [2.45, 2.75) is 57.4 Å². The predicted octanol–water partition coefficient (Wildman–Crippen LogP) is 2.38. The average molecular weight is 250 g/mol. The van der Waals surface area contributed by atoms with Crippen LogP contribution in [0.4, 0.5) is 0 Å². The van der Waals surface area contributed by atoms with Gasteiger partial charge in [0.2, 0.25) is 5.91 Å². The van der Waals surface area contributed by atoms with Gasteiger partial charge >= 0.3 is 0 Å². The van der Waals surface area contributed by atoms with E-state index in [1.165, 1.54) is 32.1 Å². The van der Waals surface area contributed by atoms with Crippen LogP contribution >= 0.6 is 0 Å². The largest absolute Gasteiger partial charge is 0.356 e. The number of hydrogen-bond donors (Lipinski definition) is 2. The lowest BCUT2D eigenvalue weighted by atomic mass is 9.94. The van der Waals surface area contributed by atoms with Crippen LogP contribution in [0, 0.1) is 5.92 Å². The molecule has 18 heavy (non-hydrogen) atoms. The van der Waals surface area contributed by atoms with Crippen LogP contribution in [0.2, 0.25) is 0 Å². The molecule has 1 saturated heterocycles. The second kappa shape index (κ2) is 7.57. The molecule has 0 saturated carbocycles. The summed E-state index contributed by atoms with van der Waals surface area (Å²) in [4.78, 5) is 11.8. The first-order valence-corrected chi connectivity index (χ1v) is 7.49. The predicted molar refractivity (Wildman–Crippen MR) is 74.4 cm³/mol. The van der Waals surface area contributed by atoms with E-state index in [4.69, 9.17) is 0 Å². The van der Waals surface area contributed by atoms with Gasteiger partial charge in [0.15, 0.2) is 0 Å². The molecule has 2 atom stereocenters. The molecule has 2 aliphatic rings. The van der Waals surface area contributed by atoms with E-state index in [1.54, 1.807) is 0 Å². The van der Waals surface area contributed by atoms with E-state index in [2.05, 4.69) is 22.8 Å². The van der Waals surface area contributed by atoms with Crippen molar-refractivity contribution in [1.82, 2.24) is 10.6 Å². The van der Waals surface area contributed by atoms with Crippen molar-refractivity contribution in [1.29, 1.82) is 0 Å². The first-order valence-electron chi connectivity index (χ1n) is 7.49. The quantitative estimate of drug-likeness (QED) is 0.736. The lowest BCUT2D eigenvalue weighted by molar-refractivity contribution is -0.121. The zero-order valence-electron chi connectivity index (χ0n) is 11.3. The molecule has 0 radical (unpaired) electrons. The molecule has 3 heteroatoms. The summed E-state index contributed by atoms with van der Waals surface area (Å²) in [5.74, 6) is 0.892. The molecular weight excluding hydrogens is 224 g/mol. The van der Waals surface area contributed by atoms with Crippen molar-refractivity contribution in [3.63, 3.8) is 0 Å². The highest BCUT2D eigenvalue weighted by Crippen LogP contribution is 2.17. The summed E-state index contributed by atoms with van der Waals surface area (Å²) in [5.41, 5.74) is 0. The summed E-state index contributed by atoms with van der Waals surface area (Å²) in [5, 5.41) is 6.58. The highest BCUT2D eigenvalue weighted by Gasteiger charge is 2.15. The molecule has 1 aliphatic carbocycles. The molecule has 2 rings (SSSR count). The van der Waals surface area contributed by atoms with Gasteiger partial charge in [-0.1, -0.05) is 18.6 Å². The molecule has 0 bridgehead atoms. The van der Waals surface area contributed by atoms with E-state index in [-0.39, 0.29) is 5.91 Å². The Bertz CT molecular complexity index is 282. The van der Waals surface area contributed by atoms with Crippen molar-refractivity contribution in [2.24, 2.45) is 5.92 Å². The molecule has 2 unspecified atom stereocenters. The summed E-state index contributed by atoms with van der Waals surface area (Å²) >= 11 is 0. The highest BCUT2D eigenvalue weighted by atomic mass is 16.1. The Morgan fingerprint density at radius 2 is 2.22 bits per heavy atom. The molecule has 0 aromatic carbocycles. The number of amides is 1. The topological polar surface area (TPSA) is 41.1 Å². The number of carbonyl (C=O) groups excluding carboxylic acids is 1. The number of hydrogen-bond acceptors (Lipinski definition) is 2. The zero-order valence-corrected chi connectivity index (χ0v) is 11.3. The van der Waals surface area contributed by atoms with Crippen molar-refractivity contribution >= 4 is 5.91 Å². The Balaban J connectivity index is 1.55. The van der Waals surface area contributed by atoms with Crippen LogP contribution in [0.25, 0.3) is 0 Å². The summed E-state index contributed by atoms with van der Waals surface area (Å²) < 4.78 is 0. The smallest absolute Gasteiger partial charge is 0.220 e. The molecule has 0 aromatic rings. The van der Waals surface area contributed by atoms with Gasteiger partial charge in [0.1, 0.15) is 0 Å². The first-order chi connectivity index (χ1) is 8.84. The molecule has 102 valence electrons. The Morgan fingerprint density at radius 1 is 1.28 bits per heavy atom. The van der Waals surface area contributed by atoms with Gasteiger partial charge in [0.25, 0.3) is 0 Å². The van der Waals surface area contributed by atoms with Gasteiger partial charge in [-0.25, -0.2) is 0 Å². The third-order valence-electron chi connectivity index (χ3n) is 4.10. The van der Waals surface area contributed by atoms with Crippen molar-refractivity contribution in [2.75, 3.05) is 13.1 Å². The molecule has 1 aliphatic heterocycles. The second-order valence-electron chi connectivity index (χ2n) is 5.64. The molecular formula is C15H26N2O. The molecule has 1 heterocycles. The van der Waals surface area contributed by atoms with Crippen LogP contribution < -0.4 is 10.6 Å². The van der Waals surface area contributed by atoms with Crippen LogP contribution in [0.5, 0.6) is 0 Å². The third-order valence-corrected chi connectivity index (χ3v) is 4.10. The maximum absolute atomic E-state index is 11.8. The van der Waals surface area contributed by atoms with Crippen LogP contribution in [0.15, 0.2) is 12.2 Å². The lowest BCUT2D eigenvalue weighted by Crippen LogP contribution is -2.36. The Morgan fingerprint density at radius 3 is 2.94 bits per heavy atom. The van der Waals surface area contributed by atoms with E-state index in [9.17, 15) is 4.79 Å². The van der Waals surface area contributed by atoms with Crippen LogP contribution in [-0.2, 0) is 4.79 Å². The standard InChI is InChI=1S/C15H26N2O/c18-15(10-9-14-8-4-5-11-16-14)17-12-13-6-2-1-3-7-13/h1-2,13-14,16H,3-12H2,(H,17,18). The van der Waals surface area contributed by atoms with Crippen LogP contribution in [0.3, 0.4) is 0 Å². The van der Waals surface area contributed by atoms with E-state index >= 15 is 0 Å². The van der Waals surface area contributed by atoms with Crippen molar-refractivity contribution < 1.29 is 4.79 Å². The van der Waals surface area contributed by atoms with Crippen molar-refractivity contribution in [3.8, 4) is 0 Å². The second-order valence-corrected chi connectivity index (χ2v) is 5.64.